The number of hydrogen-bond acceptors (Lipinski definition) is 4. The summed E-state index contributed by atoms with van der Waals surface area (Å²) in [5.41, 5.74) is 1.25. The van der Waals surface area contributed by atoms with Crippen LogP contribution in [0.3, 0.4) is 0 Å². The van der Waals surface area contributed by atoms with Crippen LogP contribution < -0.4 is 10.6 Å². The van der Waals surface area contributed by atoms with Crippen molar-refractivity contribution in [2.45, 2.75) is 19.5 Å². The highest BCUT2D eigenvalue weighted by Gasteiger charge is 2.15. The number of guanidine groups is 1. The highest BCUT2D eigenvalue weighted by Crippen LogP contribution is 2.22. The molecule has 0 amide bonds. The van der Waals surface area contributed by atoms with Crippen LogP contribution in [0.4, 0.5) is 0 Å². The average molecular weight is 464 g/mol. The zero-order valence-electron chi connectivity index (χ0n) is 13.8. The topological polar surface area (TPSA) is 39.7 Å². The third kappa shape index (κ3) is 6.78. The normalized spacial score (nSPS) is 12.8. The fourth-order valence-corrected chi connectivity index (χ4v) is 3.69. The van der Waals surface area contributed by atoms with Crippen LogP contribution in [0.2, 0.25) is 0 Å². The van der Waals surface area contributed by atoms with Gasteiger partial charge in [-0.3, -0.25) is 0 Å². The van der Waals surface area contributed by atoms with Crippen molar-refractivity contribution in [1.29, 1.82) is 0 Å². The second-order valence-corrected chi connectivity index (χ2v) is 6.96. The summed E-state index contributed by atoms with van der Waals surface area (Å²) < 4.78 is 0. The van der Waals surface area contributed by atoms with Crippen molar-refractivity contribution >= 4 is 52.6 Å². The molecule has 0 aliphatic carbocycles. The molecule has 0 saturated heterocycles. The molecular formula is C16H25IN4S2. The first kappa shape index (κ1) is 20.4. The third-order valence-electron chi connectivity index (χ3n) is 3.30. The number of likely N-dealkylation sites (N-methyl/N-ethyl adjacent to an activating group) is 1. The average Bonchev–Trinajstić information content (AvgIpc) is 3.18. The minimum Gasteiger partial charge on any atom is -0.357 e. The van der Waals surface area contributed by atoms with Gasteiger partial charge in [0.25, 0.3) is 0 Å². The van der Waals surface area contributed by atoms with Gasteiger partial charge in [-0.1, -0.05) is 6.07 Å². The molecular weight excluding hydrogens is 439 g/mol. The van der Waals surface area contributed by atoms with Crippen molar-refractivity contribution in [3.05, 3.63) is 44.8 Å². The van der Waals surface area contributed by atoms with Gasteiger partial charge in [0.05, 0.1) is 12.6 Å². The van der Waals surface area contributed by atoms with Gasteiger partial charge in [-0.15, -0.1) is 35.3 Å². The largest absolute Gasteiger partial charge is 0.357 e. The van der Waals surface area contributed by atoms with E-state index in [1.54, 1.807) is 22.7 Å². The second kappa shape index (κ2) is 11.0. The maximum Gasteiger partial charge on any atom is 0.191 e. The number of hydrogen-bond donors (Lipinski definition) is 2. The molecule has 0 fully saturated rings. The molecule has 128 valence electrons. The van der Waals surface area contributed by atoms with E-state index in [2.05, 4.69) is 75.9 Å². The van der Waals surface area contributed by atoms with E-state index < -0.39 is 0 Å². The zero-order chi connectivity index (χ0) is 15.8. The van der Waals surface area contributed by atoms with Crippen LogP contribution >= 0.6 is 46.7 Å². The van der Waals surface area contributed by atoms with Crippen molar-refractivity contribution in [3.8, 4) is 0 Å². The Morgan fingerprint density at radius 2 is 2.09 bits per heavy atom. The summed E-state index contributed by atoms with van der Waals surface area (Å²) in [7, 11) is 4.23. The lowest BCUT2D eigenvalue weighted by molar-refractivity contribution is 0.302. The molecule has 0 radical (unpaired) electrons. The van der Waals surface area contributed by atoms with E-state index in [1.807, 2.05) is 0 Å². The van der Waals surface area contributed by atoms with Crippen LogP contribution in [0, 0.1) is 0 Å². The lowest BCUT2D eigenvalue weighted by atomic mass is 10.2. The maximum absolute atomic E-state index is 4.65. The summed E-state index contributed by atoms with van der Waals surface area (Å²) >= 11 is 3.50. The van der Waals surface area contributed by atoms with Crippen LogP contribution in [0.25, 0.3) is 0 Å². The molecule has 2 aromatic heterocycles. The quantitative estimate of drug-likeness (QED) is 0.372. The van der Waals surface area contributed by atoms with E-state index in [1.165, 1.54) is 10.4 Å². The van der Waals surface area contributed by atoms with Gasteiger partial charge in [0.15, 0.2) is 5.96 Å². The Labute approximate surface area is 164 Å². The van der Waals surface area contributed by atoms with Crippen LogP contribution in [0.1, 0.15) is 23.4 Å². The van der Waals surface area contributed by atoms with E-state index >= 15 is 0 Å². The first-order chi connectivity index (χ1) is 10.7. The fraction of sp³-hybridized carbons (Fsp3) is 0.438. The van der Waals surface area contributed by atoms with Crippen LogP contribution in [0.15, 0.2) is 39.3 Å². The molecule has 2 heterocycles. The first-order valence-corrected chi connectivity index (χ1v) is 9.26. The van der Waals surface area contributed by atoms with E-state index in [9.17, 15) is 0 Å². The molecule has 0 aliphatic heterocycles. The van der Waals surface area contributed by atoms with Crippen LogP contribution in [0.5, 0.6) is 0 Å². The number of thiophene rings is 2. The zero-order valence-corrected chi connectivity index (χ0v) is 17.7. The van der Waals surface area contributed by atoms with Gasteiger partial charge in [0.1, 0.15) is 0 Å². The van der Waals surface area contributed by atoms with Gasteiger partial charge in [-0.2, -0.15) is 11.3 Å². The predicted molar refractivity (Wildman–Crippen MR) is 113 cm³/mol. The molecule has 2 aromatic rings. The molecule has 0 spiro atoms. The van der Waals surface area contributed by atoms with Gasteiger partial charge in [0, 0.05) is 18.0 Å². The number of halogens is 1. The molecule has 23 heavy (non-hydrogen) atoms. The predicted octanol–water partition coefficient (Wildman–Crippen LogP) is 3.79. The highest BCUT2D eigenvalue weighted by molar-refractivity contribution is 14.0. The summed E-state index contributed by atoms with van der Waals surface area (Å²) in [4.78, 5) is 8.26. The molecule has 0 aliphatic rings. The van der Waals surface area contributed by atoms with Crippen molar-refractivity contribution in [3.63, 3.8) is 0 Å². The van der Waals surface area contributed by atoms with Gasteiger partial charge >= 0.3 is 0 Å². The SMILES string of the molecule is CCNC(=NCc1ccsc1)NCC(c1cccs1)N(C)C.I. The molecule has 4 nitrogen and oxygen atoms in total. The molecule has 1 atom stereocenters. The Kier molecular flexibility index (Phi) is 9.77. The van der Waals surface area contributed by atoms with Crippen LogP contribution in [-0.2, 0) is 6.54 Å². The first-order valence-electron chi connectivity index (χ1n) is 7.43. The third-order valence-corrected chi connectivity index (χ3v) is 5.01. The number of nitrogens with one attached hydrogen (secondary N) is 2. The smallest absolute Gasteiger partial charge is 0.191 e. The molecule has 0 aromatic carbocycles. The minimum absolute atomic E-state index is 0. The molecule has 0 bridgehead atoms. The Morgan fingerprint density at radius 1 is 1.26 bits per heavy atom. The van der Waals surface area contributed by atoms with Crippen molar-refractivity contribution in [1.82, 2.24) is 15.5 Å². The summed E-state index contributed by atoms with van der Waals surface area (Å²) in [5, 5.41) is 13.1. The van der Waals surface area contributed by atoms with Gasteiger partial charge in [-0.25, -0.2) is 4.99 Å². The minimum atomic E-state index is 0. The van der Waals surface area contributed by atoms with Gasteiger partial charge in [0.2, 0.25) is 0 Å². The van der Waals surface area contributed by atoms with Crippen LogP contribution in [-0.4, -0.2) is 38.0 Å². The summed E-state index contributed by atoms with van der Waals surface area (Å²) in [6.07, 6.45) is 0. The Bertz CT molecular complexity index is 553. The Hall–Kier alpha value is -0.640. The summed E-state index contributed by atoms with van der Waals surface area (Å²) in [6, 6.07) is 6.76. The molecule has 0 saturated carbocycles. The molecule has 2 rings (SSSR count). The van der Waals surface area contributed by atoms with E-state index in [0.29, 0.717) is 12.6 Å². The second-order valence-electron chi connectivity index (χ2n) is 5.20. The van der Waals surface area contributed by atoms with E-state index in [-0.39, 0.29) is 24.0 Å². The standard InChI is InChI=1S/C16H24N4S2.HI/c1-4-17-16(18-10-13-7-9-21-12-13)19-11-14(20(2)3)15-6-5-8-22-15;/h5-9,12,14H,4,10-11H2,1-3H3,(H2,17,18,19);1H. The van der Waals surface area contributed by atoms with Crippen molar-refractivity contribution in [2.24, 2.45) is 4.99 Å². The lowest BCUT2D eigenvalue weighted by Gasteiger charge is -2.24. The molecule has 1 unspecified atom stereocenters. The van der Waals surface area contributed by atoms with Gasteiger partial charge < -0.3 is 15.5 Å². The Balaban J connectivity index is 0.00000264. The van der Waals surface area contributed by atoms with E-state index in [4.69, 9.17) is 0 Å². The maximum atomic E-state index is 4.65. The summed E-state index contributed by atoms with van der Waals surface area (Å²) in [6.45, 7) is 4.50. The monoisotopic (exact) mass is 464 g/mol. The van der Waals surface area contributed by atoms with Crippen molar-refractivity contribution in [2.75, 3.05) is 27.2 Å². The molecule has 7 heteroatoms. The number of nitrogens with zero attached hydrogens (tertiary/aromatic N) is 2. The highest BCUT2D eigenvalue weighted by atomic mass is 127. The number of rotatable bonds is 7. The van der Waals surface area contributed by atoms with E-state index in [0.717, 1.165) is 19.0 Å². The van der Waals surface area contributed by atoms with Crippen molar-refractivity contribution < 1.29 is 0 Å². The van der Waals surface area contributed by atoms with Gasteiger partial charge in [-0.05, 0) is 54.9 Å². The lowest BCUT2D eigenvalue weighted by Crippen LogP contribution is -2.41. The fourth-order valence-electron chi connectivity index (χ4n) is 2.11. The molecule has 2 N–H and O–H groups in total. The number of aliphatic imine (C=N–C) groups is 1. The Morgan fingerprint density at radius 3 is 2.65 bits per heavy atom. The summed E-state index contributed by atoms with van der Waals surface area (Å²) in [5.74, 6) is 0.872.